The Morgan fingerprint density at radius 1 is 0.565 bits per heavy atom. The maximum Gasteiger partial charge on any atom is 0.326 e. The molecule has 0 saturated carbocycles. The van der Waals surface area contributed by atoms with Crippen LogP contribution in [0.2, 0.25) is 0 Å². The van der Waals surface area contributed by atoms with Crippen molar-refractivity contribution in [1.82, 2.24) is 37.2 Å². The largest absolute Gasteiger partial charge is 0.508 e. The molecule has 386 valence electrons. The summed E-state index contributed by atoms with van der Waals surface area (Å²) in [6.45, 7) is 8.64. The van der Waals surface area contributed by atoms with E-state index in [0.717, 1.165) is 0 Å². The first-order valence-electron chi connectivity index (χ1n) is 22.4. The molecule has 0 unspecified atom stereocenters. The number of amides is 9. The van der Waals surface area contributed by atoms with Crippen LogP contribution in [0.3, 0.4) is 0 Å². The van der Waals surface area contributed by atoms with Crippen molar-refractivity contribution in [2.45, 2.75) is 141 Å². The third-order valence-corrected chi connectivity index (χ3v) is 10.5. The number of guanidine groups is 1. The van der Waals surface area contributed by atoms with Gasteiger partial charge in [0.1, 0.15) is 48.0 Å². The van der Waals surface area contributed by atoms with Crippen LogP contribution in [0.4, 0.5) is 0 Å². The second kappa shape index (κ2) is 30.6. The molecule has 26 heteroatoms. The minimum absolute atomic E-state index is 0.0369. The third-order valence-electron chi connectivity index (χ3n) is 10.2. The molecule has 0 radical (unpaired) electrons. The molecule has 0 aliphatic rings. The first kappa shape index (κ1) is 60.3. The van der Waals surface area contributed by atoms with Crippen LogP contribution < -0.4 is 65.9 Å². The van der Waals surface area contributed by atoms with E-state index in [4.69, 9.17) is 28.7 Å². The minimum atomic E-state index is -1.55. The van der Waals surface area contributed by atoms with E-state index < -0.39 is 120 Å². The molecule has 0 aliphatic carbocycles. The molecule has 69 heavy (non-hydrogen) atoms. The highest BCUT2D eigenvalue weighted by Crippen LogP contribution is 2.14. The molecular formula is C43H71N13O12S. The minimum Gasteiger partial charge on any atom is -0.508 e. The Hall–Kier alpha value is -6.70. The summed E-state index contributed by atoms with van der Waals surface area (Å²) in [6.07, 6.45) is -1.46. The Morgan fingerprint density at radius 2 is 1.00 bits per heavy atom. The standard InChI is InChI=1S/C43H71N13O12S/c1-21(2)17-26(44)36(61)50-23(5)35(60)56-32(20-69)41(66)52-28(13-15-34(46)59)38(63)54-30(18-22(3)4)39(64)55-31(19-24-8-10-25(57)11-9-24)40(65)51-27(12-14-33(45)58)37(62)53-29(42(67)68)7-6-16-49-43(47)48/h8-11,21-23,26-32,57,69H,6-7,12-20,44H2,1-5H3,(H2,45,58)(H2,46,59)(H,50,61)(H,51,65)(H,52,66)(H,53,62)(H,54,63)(H,55,64)(H,56,60)(H,67,68)(H4,47,48,49)/t23-,26-,27-,28-,29-,30-,31-,32-/m0/s1. The second-order valence-corrected chi connectivity index (χ2v) is 17.7. The molecule has 1 aromatic rings. The summed E-state index contributed by atoms with van der Waals surface area (Å²) in [7, 11) is 0. The summed E-state index contributed by atoms with van der Waals surface area (Å²) < 4.78 is 0. The number of aromatic hydroxyl groups is 1. The number of primary amides is 2. The van der Waals surface area contributed by atoms with Gasteiger partial charge in [-0.15, -0.1) is 0 Å². The van der Waals surface area contributed by atoms with E-state index in [0.29, 0.717) is 12.0 Å². The number of rotatable bonds is 32. The van der Waals surface area contributed by atoms with E-state index in [1.54, 1.807) is 13.8 Å². The summed E-state index contributed by atoms with van der Waals surface area (Å²) in [4.78, 5) is 134. The maximum atomic E-state index is 14.2. The van der Waals surface area contributed by atoms with Crippen LogP contribution in [0, 0.1) is 11.8 Å². The molecule has 1 rings (SSSR count). The molecule has 0 bridgehead atoms. The topological polar surface area (TPSA) is 438 Å². The van der Waals surface area contributed by atoms with Gasteiger partial charge in [-0.3, -0.25) is 48.1 Å². The predicted octanol–water partition coefficient (Wildman–Crippen LogP) is -3.63. The van der Waals surface area contributed by atoms with Crippen molar-refractivity contribution in [3.05, 3.63) is 29.8 Å². The number of carbonyl (C=O) groups is 10. The molecule has 1 aromatic carbocycles. The van der Waals surface area contributed by atoms with Crippen molar-refractivity contribution in [2.75, 3.05) is 12.3 Å². The van der Waals surface area contributed by atoms with Crippen molar-refractivity contribution in [1.29, 1.82) is 0 Å². The van der Waals surface area contributed by atoms with Crippen molar-refractivity contribution in [2.24, 2.45) is 45.5 Å². The molecule has 25 nitrogen and oxygen atoms in total. The van der Waals surface area contributed by atoms with Crippen molar-refractivity contribution in [3.8, 4) is 5.75 Å². The Morgan fingerprint density at radius 3 is 1.46 bits per heavy atom. The number of benzene rings is 1. The first-order chi connectivity index (χ1) is 32.2. The maximum absolute atomic E-state index is 14.2. The highest BCUT2D eigenvalue weighted by atomic mass is 32.1. The number of nitrogens with one attached hydrogen (secondary N) is 7. The molecule has 0 saturated heterocycles. The normalized spacial score (nSPS) is 14.5. The van der Waals surface area contributed by atoms with Crippen molar-refractivity contribution < 1.29 is 58.2 Å². The fourth-order valence-corrected chi connectivity index (χ4v) is 6.76. The zero-order valence-electron chi connectivity index (χ0n) is 39.6. The number of phenolic OH excluding ortho intramolecular Hbond substituents is 1. The van der Waals surface area contributed by atoms with E-state index in [1.807, 2.05) is 13.8 Å². The number of carboxylic acid groups (broad SMARTS) is 1. The number of carbonyl (C=O) groups excluding carboxylic acids is 9. The Kier molecular flexibility index (Phi) is 26.8. The van der Waals surface area contributed by atoms with Gasteiger partial charge in [0, 0.05) is 31.6 Å². The Balaban J connectivity index is 3.46. The lowest BCUT2D eigenvalue weighted by molar-refractivity contribution is -0.142. The van der Waals surface area contributed by atoms with Gasteiger partial charge in [0.05, 0.1) is 6.04 Å². The first-order valence-corrected chi connectivity index (χ1v) is 23.0. The third kappa shape index (κ3) is 24.2. The zero-order chi connectivity index (χ0) is 52.5. The van der Waals surface area contributed by atoms with Crippen LogP contribution in [0.5, 0.6) is 5.75 Å². The van der Waals surface area contributed by atoms with Gasteiger partial charge in [-0.25, -0.2) is 4.79 Å². The quantitative estimate of drug-likeness (QED) is 0.0143. The summed E-state index contributed by atoms with van der Waals surface area (Å²) in [5.41, 5.74) is 27.7. The van der Waals surface area contributed by atoms with E-state index in [9.17, 15) is 58.2 Å². The lowest BCUT2D eigenvalue weighted by Crippen LogP contribution is -2.60. The molecule has 0 aromatic heterocycles. The number of thiol groups is 1. The predicted molar refractivity (Wildman–Crippen MR) is 256 cm³/mol. The second-order valence-electron chi connectivity index (χ2n) is 17.3. The van der Waals surface area contributed by atoms with E-state index in [2.05, 4.69) is 54.8 Å². The summed E-state index contributed by atoms with van der Waals surface area (Å²) >= 11 is 4.17. The molecule has 0 fully saturated rings. The molecule has 0 heterocycles. The van der Waals surface area contributed by atoms with Crippen molar-refractivity contribution >= 4 is 77.7 Å². The number of phenols is 1. The number of hydrogen-bond donors (Lipinski definition) is 15. The smallest absolute Gasteiger partial charge is 0.326 e. The summed E-state index contributed by atoms with van der Waals surface area (Å²) in [5.74, 6) is -9.97. The monoisotopic (exact) mass is 994 g/mol. The van der Waals surface area contributed by atoms with Gasteiger partial charge in [-0.05, 0) is 75.0 Å². The molecule has 19 N–H and O–H groups in total. The lowest BCUT2D eigenvalue weighted by Gasteiger charge is -2.28. The Labute approximate surface area is 406 Å². The van der Waals surface area contributed by atoms with Crippen LogP contribution in [-0.4, -0.2) is 136 Å². The number of aliphatic imine (C=N–C) groups is 1. The average Bonchev–Trinajstić information content (AvgIpc) is 3.25. The average molecular weight is 994 g/mol. The number of carboxylic acids is 1. The van der Waals surface area contributed by atoms with Gasteiger partial charge in [0.25, 0.3) is 0 Å². The van der Waals surface area contributed by atoms with Gasteiger partial charge in [0.15, 0.2) is 5.96 Å². The molecule has 8 atom stereocenters. The highest BCUT2D eigenvalue weighted by molar-refractivity contribution is 7.80. The van der Waals surface area contributed by atoms with Gasteiger partial charge >= 0.3 is 5.97 Å². The zero-order valence-corrected chi connectivity index (χ0v) is 40.5. The van der Waals surface area contributed by atoms with Crippen LogP contribution in [-0.2, 0) is 54.4 Å². The number of aliphatic carboxylic acids is 1. The number of nitrogens with zero attached hydrogens (tertiary/aromatic N) is 1. The van der Waals surface area contributed by atoms with Crippen LogP contribution in [0.25, 0.3) is 0 Å². The van der Waals surface area contributed by atoms with E-state index >= 15 is 0 Å². The number of hydrogen-bond acceptors (Lipinski definition) is 14. The Bertz CT molecular complexity index is 1970. The van der Waals surface area contributed by atoms with E-state index in [-0.39, 0.29) is 74.4 Å². The van der Waals surface area contributed by atoms with Crippen LogP contribution in [0.1, 0.15) is 91.5 Å². The van der Waals surface area contributed by atoms with Crippen molar-refractivity contribution in [3.63, 3.8) is 0 Å². The van der Waals surface area contributed by atoms with Crippen LogP contribution in [0.15, 0.2) is 29.3 Å². The van der Waals surface area contributed by atoms with Gasteiger partial charge < -0.3 is 76.1 Å². The SMILES string of the molecule is CC(C)C[C@H](NC(=O)[C@H](CCC(N)=O)NC(=O)[C@H](CS)NC(=O)[C@H](C)NC(=O)[C@@H](N)CC(C)C)C(=O)N[C@@H](Cc1ccc(O)cc1)C(=O)N[C@@H](CCC(N)=O)C(=O)N[C@@H](CCCN=C(N)N)C(=O)O. The fraction of sp³-hybridized carbons (Fsp3) is 0.605. The fourth-order valence-electron chi connectivity index (χ4n) is 6.50. The number of nitrogens with two attached hydrogens (primary N) is 5. The molecule has 9 amide bonds. The molecule has 0 spiro atoms. The summed E-state index contributed by atoms with van der Waals surface area (Å²) in [6, 6.07) is -5.27. The van der Waals surface area contributed by atoms with Gasteiger partial charge in [-0.2, -0.15) is 12.6 Å². The van der Waals surface area contributed by atoms with Crippen LogP contribution >= 0.6 is 12.6 Å². The molecular weight excluding hydrogens is 923 g/mol. The van der Waals surface area contributed by atoms with Gasteiger partial charge in [0.2, 0.25) is 53.2 Å². The van der Waals surface area contributed by atoms with Gasteiger partial charge in [-0.1, -0.05) is 39.8 Å². The molecule has 0 aliphatic heterocycles. The summed E-state index contributed by atoms with van der Waals surface area (Å²) in [5, 5.41) is 37.0. The van der Waals surface area contributed by atoms with E-state index in [1.165, 1.54) is 31.2 Å². The lowest BCUT2D eigenvalue weighted by atomic mass is 9.99. The highest BCUT2D eigenvalue weighted by Gasteiger charge is 2.34.